The van der Waals surface area contributed by atoms with Gasteiger partial charge in [0.1, 0.15) is 0 Å². The Hall–Kier alpha value is -1.55. The highest BCUT2D eigenvalue weighted by molar-refractivity contribution is 5.89. The van der Waals surface area contributed by atoms with Crippen LogP contribution in [-0.4, -0.2) is 35.2 Å². The first-order valence-corrected chi connectivity index (χ1v) is 6.71. The number of hydrogen-bond donors (Lipinski definition) is 2. The third kappa shape index (κ3) is 3.47. The fraction of sp³-hybridized carbons (Fsp3) is 0.533. The molecule has 1 saturated heterocycles. The number of carbonyl (C=O) groups is 1. The maximum absolute atomic E-state index is 11.9. The minimum absolute atomic E-state index is 0.113. The maximum atomic E-state index is 11.9. The van der Waals surface area contributed by atoms with Gasteiger partial charge in [-0.15, -0.1) is 0 Å². The van der Waals surface area contributed by atoms with Crippen LogP contribution in [0, 0.1) is 0 Å². The van der Waals surface area contributed by atoms with Crippen molar-refractivity contribution in [2.75, 3.05) is 18.4 Å². The van der Waals surface area contributed by atoms with E-state index < -0.39 is 0 Å². The van der Waals surface area contributed by atoms with Crippen molar-refractivity contribution in [1.29, 1.82) is 0 Å². The lowest BCUT2D eigenvalue weighted by molar-refractivity contribution is 0.176. The number of aliphatic hydroxyl groups excluding tert-OH is 1. The summed E-state index contributed by atoms with van der Waals surface area (Å²) in [6.45, 7) is 7.52. The molecule has 0 spiro atoms. The lowest BCUT2D eigenvalue weighted by atomic mass is 9.87. The average molecular weight is 262 g/mol. The molecular formula is C15H22N2O2. The Balaban J connectivity index is 1.98. The quantitative estimate of drug-likeness (QED) is 0.817. The molecule has 1 aromatic rings. The van der Waals surface area contributed by atoms with Crippen molar-refractivity contribution in [2.24, 2.45) is 0 Å². The highest BCUT2D eigenvalue weighted by Crippen LogP contribution is 2.23. The number of nitrogens with zero attached hydrogens (tertiary/aromatic N) is 1. The molecule has 1 fully saturated rings. The lowest BCUT2D eigenvalue weighted by Gasteiger charge is -2.20. The molecule has 2 N–H and O–H groups in total. The Morgan fingerprint density at radius 3 is 2.42 bits per heavy atom. The molecule has 0 saturated carbocycles. The largest absolute Gasteiger partial charge is 0.391 e. The van der Waals surface area contributed by atoms with E-state index in [4.69, 9.17) is 0 Å². The molecule has 0 radical (unpaired) electrons. The number of carbonyl (C=O) groups excluding carboxylic acids is 1. The van der Waals surface area contributed by atoms with E-state index in [2.05, 4.69) is 26.1 Å². The molecular weight excluding hydrogens is 240 g/mol. The summed E-state index contributed by atoms with van der Waals surface area (Å²) in [7, 11) is 0. The Kier molecular flexibility index (Phi) is 3.80. The fourth-order valence-corrected chi connectivity index (χ4v) is 2.18. The van der Waals surface area contributed by atoms with Gasteiger partial charge in [0.2, 0.25) is 0 Å². The van der Waals surface area contributed by atoms with Crippen molar-refractivity contribution < 1.29 is 9.90 Å². The standard InChI is InChI=1S/C15H22N2O2/c1-15(2,3)11-4-6-12(7-5-11)16-14(19)17-9-8-13(18)10-17/h4-7,13,18H,8-10H2,1-3H3,(H,16,19)/t13-/m0/s1. The van der Waals surface area contributed by atoms with Gasteiger partial charge in [-0.3, -0.25) is 0 Å². The molecule has 2 amide bonds. The van der Waals surface area contributed by atoms with E-state index in [0.717, 1.165) is 5.69 Å². The first kappa shape index (κ1) is 13.9. The molecule has 1 aliphatic heterocycles. The van der Waals surface area contributed by atoms with E-state index in [9.17, 15) is 9.90 Å². The molecule has 104 valence electrons. The number of anilines is 1. The van der Waals surface area contributed by atoms with Crippen LogP contribution in [0.15, 0.2) is 24.3 Å². The van der Waals surface area contributed by atoms with Crippen molar-refractivity contribution in [3.63, 3.8) is 0 Å². The summed E-state index contributed by atoms with van der Waals surface area (Å²) in [6, 6.07) is 7.78. The minimum Gasteiger partial charge on any atom is -0.391 e. The van der Waals surface area contributed by atoms with E-state index >= 15 is 0 Å². The SMILES string of the molecule is CC(C)(C)c1ccc(NC(=O)N2CC[C@H](O)C2)cc1. The third-order valence-electron chi connectivity index (χ3n) is 3.45. The van der Waals surface area contributed by atoms with Crippen LogP contribution in [0.2, 0.25) is 0 Å². The maximum Gasteiger partial charge on any atom is 0.321 e. The number of rotatable bonds is 1. The van der Waals surface area contributed by atoms with E-state index in [0.29, 0.717) is 19.5 Å². The lowest BCUT2D eigenvalue weighted by Crippen LogP contribution is -2.33. The predicted octanol–water partition coefficient (Wildman–Crippen LogP) is 2.58. The summed E-state index contributed by atoms with van der Waals surface area (Å²) in [6.07, 6.45) is 0.283. The van der Waals surface area contributed by atoms with Crippen LogP contribution in [-0.2, 0) is 5.41 Å². The van der Waals surface area contributed by atoms with Gasteiger partial charge in [0.25, 0.3) is 0 Å². The van der Waals surface area contributed by atoms with Crippen molar-refractivity contribution in [3.8, 4) is 0 Å². The number of hydrogen-bond acceptors (Lipinski definition) is 2. The van der Waals surface area contributed by atoms with Crippen molar-refractivity contribution in [1.82, 2.24) is 4.90 Å². The number of nitrogens with one attached hydrogen (secondary N) is 1. The van der Waals surface area contributed by atoms with Crippen LogP contribution in [0.1, 0.15) is 32.8 Å². The number of amides is 2. The highest BCUT2D eigenvalue weighted by atomic mass is 16.3. The van der Waals surface area contributed by atoms with E-state index in [1.54, 1.807) is 4.90 Å². The zero-order chi connectivity index (χ0) is 14.0. The Morgan fingerprint density at radius 1 is 1.32 bits per heavy atom. The summed E-state index contributed by atoms with van der Waals surface area (Å²) >= 11 is 0. The monoisotopic (exact) mass is 262 g/mol. The summed E-state index contributed by atoms with van der Waals surface area (Å²) in [5.41, 5.74) is 2.14. The Bertz CT molecular complexity index is 448. The topological polar surface area (TPSA) is 52.6 Å². The average Bonchev–Trinajstić information content (AvgIpc) is 2.75. The first-order valence-electron chi connectivity index (χ1n) is 6.71. The van der Waals surface area contributed by atoms with Crippen LogP contribution < -0.4 is 5.32 Å². The van der Waals surface area contributed by atoms with Crippen molar-refractivity contribution in [3.05, 3.63) is 29.8 Å². The second kappa shape index (κ2) is 5.21. The number of urea groups is 1. The molecule has 1 aromatic carbocycles. The van der Waals surface area contributed by atoms with Gasteiger partial charge in [-0.1, -0.05) is 32.9 Å². The molecule has 1 heterocycles. The van der Waals surface area contributed by atoms with Crippen LogP contribution in [0.5, 0.6) is 0 Å². The van der Waals surface area contributed by atoms with Crippen molar-refractivity contribution in [2.45, 2.75) is 38.7 Å². The fourth-order valence-electron chi connectivity index (χ4n) is 2.18. The summed E-state index contributed by atoms with van der Waals surface area (Å²) in [4.78, 5) is 13.6. The second-order valence-electron chi connectivity index (χ2n) is 6.15. The summed E-state index contributed by atoms with van der Waals surface area (Å²) in [5, 5.41) is 12.3. The minimum atomic E-state index is -0.381. The number of β-amino-alcohol motifs (C(OH)–C–C–N with tert-alkyl or cyclic N) is 1. The zero-order valence-corrected chi connectivity index (χ0v) is 11.8. The third-order valence-corrected chi connectivity index (χ3v) is 3.45. The normalized spacial score (nSPS) is 19.6. The van der Waals surface area contributed by atoms with Gasteiger partial charge in [0, 0.05) is 18.8 Å². The molecule has 0 bridgehead atoms. The van der Waals surface area contributed by atoms with Crippen LogP contribution in [0.25, 0.3) is 0 Å². The van der Waals surface area contributed by atoms with E-state index in [-0.39, 0.29) is 17.6 Å². The van der Waals surface area contributed by atoms with Crippen LogP contribution >= 0.6 is 0 Å². The van der Waals surface area contributed by atoms with E-state index in [1.165, 1.54) is 5.56 Å². The van der Waals surface area contributed by atoms with Crippen molar-refractivity contribution >= 4 is 11.7 Å². The summed E-state index contributed by atoms with van der Waals surface area (Å²) < 4.78 is 0. The van der Waals surface area contributed by atoms with Crippen LogP contribution in [0.4, 0.5) is 10.5 Å². The smallest absolute Gasteiger partial charge is 0.321 e. The van der Waals surface area contributed by atoms with Crippen LogP contribution in [0.3, 0.4) is 0 Å². The molecule has 1 aliphatic rings. The van der Waals surface area contributed by atoms with Gasteiger partial charge >= 0.3 is 6.03 Å². The molecule has 2 rings (SSSR count). The molecule has 1 atom stereocenters. The number of benzene rings is 1. The molecule has 0 aromatic heterocycles. The zero-order valence-electron chi connectivity index (χ0n) is 11.8. The van der Waals surface area contributed by atoms with Gasteiger partial charge in [-0.25, -0.2) is 4.79 Å². The molecule has 4 heteroatoms. The van der Waals surface area contributed by atoms with E-state index in [1.807, 2.05) is 24.3 Å². The van der Waals surface area contributed by atoms with Gasteiger partial charge in [0.15, 0.2) is 0 Å². The highest BCUT2D eigenvalue weighted by Gasteiger charge is 2.24. The molecule has 0 unspecified atom stereocenters. The van der Waals surface area contributed by atoms with Gasteiger partial charge in [-0.2, -0.15) is 0 Å². The number of likely N-dealkylation sites (tertiary alicyclic amines) is 1. The predicted molar refractivity (Wildman–Crippen MR) is 76.4 cm³/mol. The van der Waals surface area contributed by atoms with Gasteiger partial charge in [-0.05, 0) is 29.5 Å². The second-order valence-corrected chi connectivity index (χ2v) is 6.15. The molecule has 4 nitrogen and oxygen atoms in total. The molecule has 19 heavy (non-hydrogen) atoms. The Labute approximate surface area is 114 Å². The summed E-state index contributed by atoms with van der Waals surface area (Å²) in [5.74, 6) is 0. The number of aliphatic hydroxyl groups is 1. The molecule has 0 aliphatic carbocycles. The first-order chi connectivity index (χ1) is 8.86. The van der Waals surface area contributed by atoms with Gasteiger partial charge in [0.05, 0.1) is 6.10 Å². The van der Waals surface area contributed by atoms with Gasteiger partial charge < -0.3 is 15.3 Å². The Morgan fingerprint density at radius 2 is 1.95 bits per heavy atom.